The molecule has 6 nitrogen and oxygen atoms in total. The van der Waals surface area contributed by atoms with Crippen LogP contribution in [0.3, 0.4) is 0 Å². The normalized spacial score (nSPS) is 10.6. The Kier molecular flexibility index (Phi) is 6.32. The van der Waals surface area contributed by atoms with Gasteiger partial charge in [0.15, 0.2) is 0 Å². The zero-order chi connectivity index (χ0) is 20.6. The van der Waals surface area contributed by atoms with Gasteiger partial charge < -0.3 is 10.1 Å². The van der Waals surface area contributed by atoms with Crippen LogP contribution >= 0.6 is 0 Å². The molecule has 3 aromatic carbocycles. The summed E-state index contributed by atoms with van der Waals surface area (Å²) in [5.74, 6) is -0.352. The first kappa shape index (κ1) is 19.8. The molecular formula is C22H18FN3O3. The average molecular weight is 391 g/mol. The van der Waals surface area contributed by atoms with E-state index in [2.05, 4.69) is 15.8 Å². The number of nitrogens with zero attached hydrogens (tertiary/aromatic N) is 1. The monoisotopic (exact) mass is 391 g/mol. The fraction of sp³-hybridized carbons (Fsp3) is 0.0455. The van der Waals surface area contributed by atoms with Gasteiger partial charge in [0.2, 0.25) is 0 Å². The molecule has 0 radical (unpaired) electrons. The quantitative estimate of drug-likeness (QED) is 0.495. The van der Waals surface area contributed by atoms with E-state index in [-0.39, 0.29) is 11.7 Å². The number of nitrogens with one attached hydrogen (secondary N) is 2. The number of carbonyl (C=O) groups excluding carboxylic acids is 2. The summed E-state index contributed by atoms with van der Waals surface area (Å²) >= 11 is 0. The fourth-order valence-electron chi connectivity index (χ4n) is 2.43. The molecule has 0 aromatic heterocycles. The van der Waals surface area contributed by atoms with Crippen LogP contribution in [0.1, 0.15) is 26.3 Å². The van der Waals surface area contributed by atoms with Gasteiger partial charge in [-0.3, -0.25) is 9.59 Å². The third kappa shape index (κ3) is 5.49. The SMILES string of the molecule is COc1ccc(C(=O)Nc2ccc(C(=O)NN=Cc3ccc(F)cc3)cc2)cc1. The summed E-state index contributed by atoms with van der Waals surface area (Å²) < 4.78 is 17.9. The van der Waals surface area contributed by atoms with E-state index in [1.807, 2.05) is 0 Å². The minimum Gasteiger partial charge on any atom is -0.497 e. The average Bonchev–Trinajstić information content (AvgIpc) is 2.75. The molecule has 3 aromatic rings. The van der Waals surface area contributed by atoms with Crippen molar-refractivity contribution < 1.29 is 18.7 Å². The second-order valence-electron chi connectivity index (χ2n) is 6.01. The van der Waals surface area contributed by atoms with Gasteiger partial charge >= 0.3 is 0 Å². The van der Waals surface area contributed by atoms with Gasteiger partial charge in [-0.25, -0.2) is 9.82 Å². The molecule has 7 heteroatoms. The zero-order valence-corrected chi connectivity index (χ0v) is 15.6. The maximum Gasteiger partial charge on any atom is 0.271 e. The van der Waals surface area contributed by atoms with E-state index >= 15 is 0 Å². The summed E-state index contributed by atoms with van der Waals surface area (Å²) in [5.41, 5.74) is 4.47. The Morgan fingerprint density at radius 3 is 2.07 bits per heavy atom. The molecule has 0 saturated carbocycles. The highest BCUT2D eigenvalue weighted by Crippen LogP contribution is 2.14. The molecule has 0 bridgehead atoms. The Labute approximate surface area is 167 Å². The third-order valence-electron chi connectivity index (χ3n) is 4.01. The van der Waals surface area contributed by atoms with E-state index in [0.717, 1.165) is 0 Å². The molecular weight excluding hydrogens is 373 g/mol. The molecule has 0 spiro atoms. The number of amides is 2. The Balaban J connectivity index is 1.56. The number of rotatable bonds is 6. The number of halogens is 1. The van der Waals surface area contributed by atoms with Crippen molar-refractivity contribution in [2.24, 2.45) is 5.10 Å². The standard InChI is InChI=1S/C22H18FN3O3/c1-29-20-12-6-16(7-13-20)21(27)25-19-10-4-17(5-11-19)22(28)26-24-14-15-2-8-18(23)9-3-15/h2-14H,1H3,(H,25,27)(H,26,28). The van der Waals surface area contributed by atoms with Crippen LogP contribution in [0.5, 0.6) is 5.75 Å². The maximum absolute atomic E-state index is 12.9. The molecule has 0 aliphatic carbocycles. The smallest absolute Gasteiger partial charge is 0.271 e. The molecule has 2 amide bonds. The zero-order valence-electron chi connectivity index (χ0n) is 15.6. The number of benzene rings is 3. The minimum absolute atomic E-state index is 0.270. The maximum atomic E-state index is 12.9. The molecule has 0 unspecified atom stereocenters. The molecule has 29 heavy (non-hydrogen) atoms. The van der Waals surface area contributed by atoms with Crippen LogP contribution in [0.25, 0.3) is 0 Å². The molecule has 2 N–H and O–H groups in total. The fourth-order valence-corrected chi connectivity index (χ4v) is 2.43. The Morgan fingerprint density at radius 1 is 0.862 bits per heavy atom. The predicted octanol–water partition coefficient (Wildman–Crippen LogP) is 3.85. The lowest BCUT2D eigenvalue weighted by Gasteiger charge is -2.07. The van der Waals surface area contributed by atoms with Crippen LogP contribution in [0, 0.1) is 5.82 Å². The van der Waals surface area contributed by atoms with Crippen molar-refractivity contribution in [1.82, 2.24) is 5.43 Å². The van der Waals surface area contributed by atoms with E-state index < -0.39 is 5.91 Å². The van der Waals surface area contributed by atoms with Crippen molar-refractivity contribution >= 4 is 23.7 Å². The molecule has 0 aliphatic heterocycles. The molecule has 0 aliphatic rings. The first-order valence-electron chi connectivity index (χ1n) is 8.69. The predicted molar refractivity (Wildman–Crippen MR) is 109 cm³/mol. The third-order valence-corrected chi connectivity index (χ3v) is 4.01. The molecule has 0 atom stereocenters. The Hall–Kier alpha value is -4.00. The van der Waals surface area contributed by atoms with Gasteiger partial charge in [-0.05, 0) is 66.2 Å². The lowest BCUT2D eigenvalue weighted by molar-refractivity contribution is 0.0954. The van der Waals surface area contributed by atoms with Crippen LogP contribution in [0.4, 0.5) is 10.1 Å². The summed E-state index contributed by atoms with van der Waals surface area (Å²) in [4.78, 5) is 24.4. The van der Waals surface area contributed by atoms with Gasteiger partial charge in [-0.2, -0.15) is 5.10 Å². The van der Waals surface area contributed by atoms with Crippen molar-refractivity contribution in [3.8, 4) is 5.75 Å². The summed E-state index contributed by atoms with van der Waals surface area (Å²) in [6.45, 7) is 0. The number of anilines is 1. The molecule has 0 saturated heterocycles. The van der Waals surface area contributed by atoms with Crippen molar-refractivity contribution in [3.63, 3.8) is 0 Å². The van der Waals surface area contributed by atoms with Crippen molar-refractivity contribution in [2.75, 3.05) is 12.4 Å². The van der Waals surface area contributed by atoms with Gasteiger partial charge in [0.05, 0.1) is 13.3 Å². The molecule has 146 valence electrons. The molecule has 0 fully saturated rings. The first-order valence-corrected chi connectivity index (χ1v) is 8.69. The lowest BCUT2D eigenvalue weighted by Crippen LogP contribution is -2.17. The number of ether oxygens (including phenoxy) is 1. The minimum atomic E-state index is -0.406. The van der Waals surface area contributed by atoms with Crippen LogP contribution in [-0.4, -0.2) is 25.1 Å². The number of hydrogen-bond acceptors (Lipinski definition) is 4. The second kappa shape index (κ2) is 9.27. The Morgan fingerprint density at radius 2 is 1.45 bits per heavy atom. The highest BCUT2D eigenvalue weighted by atomic mass is 19.1. The molecule has 3 rings (SSSR count). The van der Waals surface area contributed by atoms with Gasteiger partial charge in [0.25, 0.3) is 11.8 Å². The van der Waals surface area contributed by atoms with Crippen LogP contribution in [0.15, 0.2) is 77.9 Å². The number of hydrogen-bond donors (Lipinski definition) is 2. The summed E-state index contributed by atoms with van der Waals surface area (Å²) in [6, 6.07) is 18.8. The largest absolute Gasteiger partial charge is 0.497 e. The number of carbonyl (C=O) groups is 2. The first-order chi connectivity index (χ1) is 14.0. The summed E-state index contributed by atoms with van der Waals surface area (Å²) in [5, 5.41) is 6.60. The van der Waals surface area contributed by atoms with Crippen LogP contribution < -0.4 is 15.5 Å². The molecule has 0 heterocycles. The van der Waals surface area contributed by atoms with Gasteiger partial charge in [-0.15, -0.1) is 0 Å². The Bertz CT molecular complexity index is 1010. The summed E-state index contributed by atoms with van der Waals surface area (Å²) in [7, 11) is 1.56. The highest BCUT2D eigenvalue weighted by Gasteiger charge is 2.08. The van der Waals surface area contributed by atoms with Gasteiger partial charge in [0.1, 0.15) is 11.6 Å². The van der Waals surface area contributed by atoms with Crippen molar-refractivity contribution in [2.45, 2.75) is 0 Å². The van der Waals surface area contributed by atoms with Crippen molar-refractivity contribution in [1.29, 1.82) is 0 Å². The van der Waals surface area contributed by atoms with Gasteiger partial charge in [-0.1, -0.05) is 12.1 Å². The van der Waals surface area contributed by atoms with E-state index in [1.165, 1.54) is 18.3 Å². The van der Waals surface area contributed by atoms with Crippen molar-refractivity contribution in [3.05, 3.63) is 95.3 Å². The second-order valence-corrected chi connectivity index (χ2v) is 6.01. The highest BCUT2D eigenvalue weighted by molar-refractivity contribution is 6.04. The van der Waals surface area contributed by atoms with E-state index in [9.17, 15) is 14.0 Å². The van der Waals surface area contributed by atoms with Crippen LogP contribution in [-0.2, 0) is 0 Å². The van der Waals surface area contributed by atoms with E-state index in [1.54, 1.807) is 67.8 Å². The number of methoxy groups -OCH3 is 1. The van der Waals surface area contributed by atoms with Crippen LogP contribution in [0.2, 0.25) is 0 Å². The number of hydrazone groups is 1. The topological polar surface area (TPSA) is 79.8 Å². The van der Waals surface area contributed by atoms with E-state index in [4.69, 9.17) is 4.74 Å². The van der Waals surface area contributed by atoms with E-state index in [0.29, 0.717) is 28.1 Å². The van der Waals surface area contributed by atoms with Gasteiger partial charge in [0, 0.05) is 16.8 Å². The lowest BCUT2D eigenvalue weighted by atomic mass is 10.1. The summed E-state index contributed by atoms with van der Waals surface area (Å²) in [6.07, 6.45) is 1.42.